The third-order valence-corrected chi connectivity index (χ3v) is 2.22. The molecule has 0 amide bonds. The van der Waals surface area contributed by atoms with E-state index in [0.717, 1.165) is 0 Å². The summed E-state index contributed by atoms with van der Waals surface area (Å²) < 4.78 is 21.0. The molecular weight excluding hydrogens is 176 g/mol. The van der Waals surface area contributed by atoms with Crippen LogP contribution in [-0.4, -0.2) is 42.8 Å². The second kappa shape index (κ2) is 2.90. The highest BCUT2D eigenvalue weighted by Gasteiger charge is 2.55. The quantitative estimate of drug-likeness (QED) is 0.622. The Morgan fingerprint density at radius 2 is 1.85 bits per heavy atom. The van der Waals surface area contributed by atoms with Gasteiger partial charge in [-0.05, 0) is 13.8 Å². The molecule has 1 N–H and O–H groups in total. The molecule has 0 spiro atoms. The van der Waals surface area contributed by atoms with E-state index in [1.54, 1.807) is 13.8 Å². The van der Waals surface area contributed by atoms with Crippen molar-refractivity contribution in [3.05, 3.63) is 0 Å². The van der Waals surface area contributed by atoms with Crippen molar-refractivity contribution < 1.29 is 24.1 Å². The molecule has 0 radical (unpaired) electrons. The molecule has 0 bridgehead atoms. The maximum absolute atomic E-state index is 9.43. The zero-order chi connectivity index (χ0) is 9.64. The van der Waals surface area contributed by atoms with Gasteiger partial charge < -0.3 is 24.1 Å². The van der Waals surface area contributed by atoms with Gasteiger partial charge in [0.1, 0.15) is 12.2 Å². The molecule has 0 saturated carbocycles. The highest BCUT2D eigenvalue weighted by Crippen LogP contribution is 2.37. The molecule has 76 valence electrons. The van der Waals surface area contributed by atoms with Crippen LogP contribution in [-0.2, 0) is 18.9 Å². The Hall–Kier alpha value is -0.200. The van der Waals surface area contributed by atoms with E-state index in [2.05, 4.69) is 0 Å². The fourth-order valence-corrected chi connectivity index (χ4v) is 1.73. The first-order valence-corrected chi connectivity index (χ1v) is 4.25. The molecule has 2 fully saturated rings. The third-order valence-electron chi connectivity index (χ3n) is 2.22. The van der Waals surface area contributed by atoms with E-state index in [4.69, 9.17) is 18.9 Å². The summed E-state index contributed by atoms with van der Waals surface area (Å²) in [6.45, 7) is 3.59. The molecule has 5 nitrogen and oxygen atoms in total. The number of hydrogen-bond acceptors (Lipinski definition) is 5. The van der Waals surface area contributed by atoms with Crippen molar-refractivity contribution in [1.82, 2.24) is 0 Å². The largest absolute Gasteiger partial charge is 0.366 e. The van der Waals surface area contributed by atoms with Gasteiger partial charge >= 0.3 is 0 Å². The summed E-state index contributed by atoms with van der Waals surface area (Å²) in [6.07, 6.45) is -2.28. The summed E-state index contributed by atoms with van der Waals surface area (Å²) in [5.41, 5.74) is 0. The van der Waals surface area contributed by atoms with Gasteiger partial charge in [-0.25, -0.2) is 0 Å². The van der Waals surface area contributed by atoms with E-state index in [0.29, 0.717) is 0 Å². The van der Waals surface area contributed by atoms with Crippen molar-refractivity contribution in [3.8, 4) is 0 Å². The fourth-order valence-electron chi connectivity index (χ4n) is 1.73. The lowest BCUT2D eigenvalue weighted by Crippen LogP contribution is -2.30. The molecule has 0 aliphatic carbocycles. The summed E-state index contributed by atoms with van der Waals surface area (Å²) in [5, 5.41) is 9.43. The lowest BCUT2D eigenvalue weighted by Gasteiger charge is -2.21. The third kappa shape index (κ3) is 1.47. The van der Waals surface area contributed by atoms with Gasteiger partial charge in [-0.3, -0.25) is 0 Å². The Labute approximate surface area is 76.5 Å². The molecule has 0 aromatic heterocycles. The zero-order valence-electron chi connectivity index (χ0n) is 7.89. The van der Waals surface area contributed by atoms with Crippen molar-refractivity contribution in [1.29, 1.82) is 0 Å². The first kappa shape index (κ1) is 9.36. The van der Waals surface area contributed by atoms with Crippen molar-refractivity contribution in [2.45, 2.75) is 44.4 Å². The van der Waals surface area contributed by atoms with Crippen molar-refractivity contribution >= 4 is 0 Å². The first-order valence-electron chi connectivity index (χ1n) is 4.25. The van der Waals surface area contributed by atoms with Gasteiger partial charge in [-0.15, -0.1) is 0 Å². The van der Waals surface area contributed by atoms with Crippen LogP contribution in [0.25, 0.3) is 0 Å². The second-order valence-electron chi connectivity index (χ2n) is 3.70. The molecular formula is C8H14O5. The zero-order valence-corrected chi connectivity index (χ0v) is 7.89. The predicted molar refractivity (Wildman–Crippen MR) is 41.7 cm³/mol. The number of methoxy groups -OCH3 is 1. The normalized spacial score (nSPS) is 48.0. The highest BCUT2D eigenvalue weighted by molar-refractivity contribution is 4.90. The molecule has 2 saturated heterocycles. The lowest BCUT2D eigenvalue weighted by molar-refractivity contribution is -0.259. The Morgan fingerprint density at radius 1 is 1.23 bits per heavy atom. The SMILES string of the molecule is COC1OC(O)[C@@H]2OC(C)(C)O[C@H]12. The van der Waals surface area contributed by atoms with Crippen LogP contribution in [0, 0.1) is 0 Å². The molecule has 2 unspecified atom stereocenters. The van der Waals surface area contributed by atoms with Gasteiger partial charge in [-0.2, -0.15) is 0 Å². The van der Waals surface area contributed by atoms with E-state index in [1.165, 1.54) is 7.11 Å². The molecule has 0 aromatic rings. The van der Waals surface area contributed by atoms with Crippen LogP contribution in [0.4, 0.5) is 0 Å². The van der Waals surface area contributed by atoms with E-state index in [9.17, 15) is 5.11 Å². The van der Waals surface area contributed by atoms with E-state index >= 15 is 0 Å². The van der Waals surface area contributed by atoms with Crippen LogP contribution < -0.4 is 0 Å². The van der Waals surface area contributed by atoms with Crippen LogP contribution in [0.15, 0.2) is 0 Å². The first-order chi connectivity index (χ1) is 6.03. The molecule has 13 heavy (non-hydrogen) atoms. The van der Waals surface area contributed by atoms with Gasteiger partial charge in [-0.1, -0.05) is 0 Å². The Morgan fingerprint density at radius 3 is 2.46 bits per heavy atom. The smallest absolute Gasteiger partial charge is 0.189 e. The minimum atomic E-state index is -0.961. The molecule has 2 aliphatic rings. The number of rotatable bonds is 1. The van der Waals surface area contributed by atoms with E-state index in [-0.39, 0.29) is 6.10 Å². The van der Waals surface area contributed by atoms with Crippen LogP contribution >= 0.6 is 0 Å². The second-order valence-corrected chi connectivity index (χ2v) is 3.70. The minimum Gasteiger partial charge on any atom is -0.366 e. The van der Waals surface area contributed by atoms with Crippen molar-refractivity contribution in [2.75, 3.05) is 7.11 Å². The molecule has 2 heterocycles. The predicted octanol–water partition coefficient (Wildman–Crippen LogP) is -0.172. The maximum Gasteiger partial charge on any atom is 0.189 e. The summed E-state index contributed by atoms with van der Waals surface area (Å²) in [5.74, 6) is -0.670. The maximum atomic E-state index is 9.43. The van der Waals surface area contributed by atoms with Crippen LogP contribution in [0.3, 0.4) is 0 Å². The summed E-state index contributed by atoms with van der Waals surface area (Å²) in [7, 11) is 1.51. The molecule has 4 atom stereocenters. The van der Waals surface area contributed by atoms with E-state index in [1.807, 2.05) is 0 Å². The summed E-state index contributed by atoms with van der Waals surface area (Å²) in [6, 6.07) is 0. The van der Waals surface area contributed by atoms with Crippen LogP contribution in [0.5, 0.6) is 0 Å². The Bertz CT molecular complexity index is 205. The minimum absolute atomic E-state index is 0.338. The number of aliphatic hydroxyl groups is 1. The fraction of sp³-hybridized carbons (Fsp3) is 1.00. The number of hydrogen-bond donors (Lipinski definition) is 1. The number of aliphatic hydroxyl groups excluding tert-OH is 1. The van der Waals surface area contributed by atoms with Crippen LogP contribution in [0.1, 0.15) is 13.8 Å². The average Bonchev–Trinajstić information content (AvgIpc) is 2.47. The summed E-state index contributed by atoms with van der Waals surface area (Å²) in [4.78, 5) is 0. The summed E-state index contributed by atoms with van der Waals surface area (Å²) >= 11 is 0. The molecule has 2 rings (SSSR count). The van der Waals surface area contributed by atoms with Gasteiger partial charge in [0.15, 0.2) is 18.4 Å². The van der Waals surface area contributed by atoms with Crippen molar-refractivity contribution in [2.24, 2.45) is 0 Å². The van der Waals surface area contributed by atoms with Crippen molar-refractivity contribution in [3.63, 3.8) is 0 Å². The Balaban J connectivity index is 2.12. The number of fused-ring (bicyclic) bond motifs is 1. The molecule has 0 aromatic carbocycles. The lowest BCUT2D eigenvalue weighted by atomic mass is 10.2. The standard InChI is InChI=1S/C8H14O5/c1-8(2)12-4-5(13-8)7(10-3)11-6(4)9/h4-7,9H,1-3H3/t4-,5+,6?,7?/m1/s1. The Kier molecular flexibility index (Phi) is 2.08. The topological polar surface area (TPSA) is 57.2 Å². The van der Waals surface area contributed by atoms with Gasteiger partial charge in [0.25, 0.3) is 0 Å². The monoisotopic (exact) mass is 190 g/mol. The van der Waals surface area contributed by atoms with Gasteiger partial charge in [0, 0.05) is 7.11 Å². The molecule has 5 heteroatoms. The van der Waals surface area contributed by atoms with Crippen LogP contribution in [0.2, 0.25) is 0 Å². The van der Waals surface area contributed by atoms with E-state index < -0.39 is 24.5 Å². The number of ether oxygens (including phenoxy) is 4. The highest BCUT2D eigenvalue weighted by atomic mass is 16.8. The average molecular weight is 190 g/mol. The molecule has 2 aliphatic heterocycles. The van der Waals surface area contributed by atoms with Gasteiger partial charge in [0.05, 0.1) is 0 Å². The van der Waals surface area contributed by atoms with Gasteiger partial charge in [0.2, 0.25) is 0 Å².